The van der Waals surface area contributed by atoms with E-state index in [4.69, 9.17) is 5.73 Å². The number of hydrogen-bond donors (Lipinski definition) is 2. The highest BCUT2D eigenvalue weighted by atomic mass is 16.4. The lowest BCUT2D eigenvalue weighted by atomic mass is 9.83. The van der Waals surface area contributed by atoms with Crippen LogP contribution in [-0.2, 0) is 9.59 Å². The zero-order chi connectivity index (χ0) is 13.1. The first-order valence-electron chi connectivity index (χ1n) is 6.89. The topological polar surface area (TPSA) is 83.6 Å². The summed E-state index contributed by atoms with van der Waals surface area (Å²) in [7, 11) is 0. The third kappa shape index (κ3) is 2.83. The van der Waals surface area contributed by atoms with E-state index < -0.39 is 12.0 Å². The highest BCUT2D eigenvalue weighted by Crippen LogP contribution is 2.35. The summed E-state index contributed by atoms with van der Waals surface area (Å²) in [5.41, 5.74) is 5.42. The fraction of sp³-hybridized carbons (Fsp3) is 0.846. The van der Waals surface area contributed by atoms with Crippen LogP contribution in [0.5, 0.6) is 0 Å². The van der Waals surface area contributed by atoms with E-state index in [1.54, 1.807) is 4.90 Å². The van der Waals surface area contributed by atoms with Gasteiger partial charge in [-0.2, -0.15) is 0 Å². The number of carboxylic acids is 1. The summed E-state index contributed by atoms with van der Waals surface area (Å²) < 4.78 is 0. The number of rotatable bonds is 5. The SMILES string of the molecule is NCC(=O)N(C1CC1)C(C(=O)O)C1CCCCC1. The Bertz CT molecular complexity index is 322. The normalized spacial score (nSPS) is 22.5. The summed E-state index contributed by atoms with van der Waals surface area (Å²) in [5.74, 6) is -0.974. The number of hydrogen-bond acceptors (Lipinski definition) is 3. The standard InChI is InChI=1S/C13H22N2O3/c14-8-11(16)15(10-6-7-10)12(13(17)18)9-4-2-1-3-5-9/h9-10,12H,1-8,14H2,(H,17,18). The number of nitrogens with two attached hydrogens (primary N) is 1. The molecule has 2 aliphatic carbocycles. The van der Waals surface area contributed by atoms with Gasteiger partial charge in [0.05, 0.1) is 6.54 Å². The van der Waals surface area contributed by atoms with Gasteiger partial charge < -0.3 is 15.7 Å². The Morgan fingerprint density at radius 2 is 1.78 bits per heavy atom. The molecule has 0 aromatic rings. The van der Waals surface area contributed by atoms with Crippen LogP contribution in [0.3, 0.4) is 0 Å². The minimum absolute atomic E-state index is 0.0903. The van der Waals surface area contributed by atoms with E-state index in [1.165, 1.54) is 6.42 Å². The van der Waals surface area contributed by atoms with E-state index in [9.17, 15) is 14.7 Å². The fourth-order valence-electron chi connectivity index (χ4n) is 3.04. The molecule has 0 heterocycles. The molecule has 2 fully saturated rings. The number of carboxylic acid groups (broad SMARTS) is 1. The molecular weight excluding hydrogens is 232 g/mol. The van der Waals surface area contributed by atoms with Crippen molar-refractivity contribution in [3.63, 3.8) is 0 Å². The molecule has 5 heteroatoms. The molecule has 0 radical (unpaired) electrons. The van der Waals surface area contributed by atoms with Gasteiger partial charge in [0.2, 0.25) is 5.91 Å². The monoisotopic (exact) mass is 254 g/mol. The summed E-state index contributed by atoms with van der Waals surface area (Å²) in [6, 6.07) is -0.544. The summed E-state index contributed by atoms with van der Waals surface area (Å²) in [5, 5.41) is 9.48. The molecule has 5 nitrogen and oxygen atoms in total. The highest BCUT2D eigenvalue weighted by molar-refractivity contribution is 5.85. The molecule has 1 atom stereocenters. The Morgan fingerprint density at radius 3 is 2.22 bits per heavy atom. The van der Waals surface area contributed by atoms with E-state index in [1.807, 2.05) is 0 Å². The van der Waals surface area contributed by atoms with Crippen molar-refractivity contribution in [3.05, 3.63) is 0 Å². The molecule has 0 aliphatic heterocycles. The number of carbonyl (C=O) groups is 2. The van der Waals surface area contributed by atoms with Crippen LogP contribution < -0.4 is 5.73 Å². The van der Waals surface area contributed by atoms with Crippen LogP contribution in [0.1, 0.15) is 44.9 Å². The maximum atomic E-state index is 11.9. The van der Waals surface area contributed by atoms with Gasteiger partial charge in [0.15, 0.2) is 0 Å². The van der Waals surface area contributed by atoms with E-state index in [-0.39, 0.29) is 24.4 Å². The quantitative estimate of drug-likeness (QED) is 0.765. The van der Waals surface area contributed by atoms with E-state index >= 15 is 0 Å². The average Bonchev–Trinajstić information content (AvgIpc) is 3.19. The lowest BCUT2D eigenvalue weighted by molar-refractivity contribution is -0.153. The molecule has 18 heavy (non-hydrogen) atoms. The van der Waals surface area contributed by atoms with Crippen LogP contribution in [0, 0.1) is 5.92 Å². The van der Waals surface area contributed by atoms with Crippen LogP contribution in [0.25, 0.3) is 0 Å². The van der Waals surface area contributed by atoms with Gasteiger partial charge >= 0.3 is 5.97 Å². The molecule has 3 N–H and O–H groups in total. The molecule has 2 saturated carbocycles. The van der Waals surface area contributed by atoms with Gasteiger partial charge in [0.1, 0.15) is 6.04 Å². The molecule has 0 bridgehead atoms. The molecule has 0 saturated heterocycles. The molecule has 0 aromatic heterocycles. The van der Waals surface area contributed by atoms with Crippen LogP contribution in [-0.4, -0.2) is 40.5 Å². The van der Waals surface area contributed by atoms with Crippen molar-refractivity contribution in [1.82, 2.24) is 4.90 Å². The Balaban J connectivity index is 2.15. The largest absolute Gasteiger partial charge is 0.480 e. The van der Waals surface area contributed by atoms with Crippen molar-refractivity contribution in [2.75, 3.05) is 6.54 Å². The lowest BCUT2D eigenvalue weighted by Crippen LogP contribution is -2.52. The van der Waals surface area contributed by atoms with Gasteiger partial charge in [-0.25, -0.2) is 4.79 Å². The summed E-state index contributed by atoms with van der Waals surface area (Å²) in [6.45, 7) is -0.0903. The van der Waals surface area contributed by atoms with Crippen molar-refractivity contribution in [2.24, 2.45) is 11.7 Å². The van der Waals surface area contributed by atoms with Crippen LogP contribution in [0.2, 0.25) is 0 Å². The van der Waals surface area contributed by atoms with Gasteiger partial charge in [-0.05, 0) is 31.6 Å². The number of amides is 1. The molecule has 0 spiro atoms. The van der Waals surface area contributed by atoms with Gasteiger partial charge in [-0.15, -0.1) is 0 Å². The van der Waals surface area contributed by atoms with Crippen LogP contribution in [0.15, 0.2) is 0 Å². The second kappa shape index (κ2) is 5.69. The van der Waals surface area contributed by atoms with Crippen molar-refractivity contribution in [1.29, 1.82) is 0 Å². The van der Waals surface area contributed by atoms with Crippen LogP contribution >= 0.6 is 0 Å². The Morgan fingerprint density at radius 1 is 1.17 bits per heavy atom. The van der Waals surface area contributed by atoms with E-state index in [0.29, 0.717) is 0 Å². The zero-order valence-corrected chi connectivity index (χ0v) is 10.7. The van der Waals surface area contributed by atoms with E-state index in [2.05, 4.69) is 0 Å². The fourth-order valence-corrected chi connectivity index (χ4v) is 3.04. The Kier molecular flexibility index (Phi) is 4.22. The summed E-state index contributed by atoms with van der Waals surface area (Å²) >= 11 is 0. The maximum absolute atomic E-state index is 11.9. The third-order valence-corrected chi connectivity index (χ3v) is 4.05. The Hall–Kier alpha value is -1.10. The van der Waals surface area contributed by atoms with Gasteiger partial charge in [-0.3, -0.25) is 4.79 Å². The molecule has 102 valence electrons. The second-order valence-electron chi connectivity index (χ2n) is 5.42. The molecule has 2 rings (SSSR count). The van der Waals surface area contributed by atoms with Crippen molar-refractivity contribution in [3.8, 4) is 0 Å². The van der Waals surface area contributed by atoms with Crippen molar-refractivity contribution >= 4 is 11.9 Å². The smallest absolute Gasteiger partial charge is 0.326 e. The molecule has 1 amide bonds. The minimum atomic E-state index is -0.865. The highest BCUT2D eigenvalue weighted by Gasteiger charge is 2.43. The van der Waals surface area contributed by atoms with Crippen LogP contribution in [0.4, 0.5) is 0 Å². The first-order valence-corrected chi connectivity index (χ1v) is 6.89. The summed E-state index contributed by atoms with van der Waals surface area (Å²) in [6.07, 6.45) is 6.99. The second-order valence-corrected chi connectivity index (χ2v) is 5.42. The zero-order valence-electron chi connectivity index (χ0n) is 10.7. The molecule has 2 aliphatic rings. The van der Waals surface area contributed by atoms with Crippen molar-refractivity contribution in [2.45, 2.75) is 57.0 Å². The predicted molar refractivity (Wildman–Crippen MR) is 66.9 cm³/mol. The average molecular weight is 254 g/mol. The minimum Gasteiger partial charge on any atom is -0.480 e. The van der Waals surface area contributed by atoms with Gasteiger partial charge in [0.25, 0.3) is 0 Å². The number of carbonyl (C=O) groups excluding carboxylic acids is 1. The summed E-state index contributed by atoms with van der Waals surface area (Å²) in [4.78, 5) is 25.0. The van der Waals surface area contributed by atoms with Gasteiger partial charge in [-0.1, -0.05) is 19.3 Å². The van der Waals surface area contributed by atoms with Gasteiger partial charge in [0, 0.05) is 6.04 Å². The predicted octanol–water partition coefficient (Wildman–Crippen LogP) is 0.970. The Labute approximate surface area is 107 Å². The van der Waals surface area contributed by atoms with Crippen molar-refractivity contribution < 1.29 is 14.7 Å². The maximum Gasteiger partial charge on any atom is 0.326 e. The number of nitrogens with zero attached hydrogens (tertiary/aromatic N) is 1. The first-order chi connectivity index (χ1) is 8.65. The lowest BCUT2D eigenvalue weighted by Gasteiger charge is -2.36. The molecular formula is C13H22N2O3. The number of aliphatic carboxylic acids is 1. The molecule has 1 unspecified atom stereocenters. The third-order valence-electron chi connectivity index (χ3n) is 4.05. The molecule has 0 aromatic carbocycles. The first kappa shape index (κ1) is 13.3. The van der Waals surface area contributed by atoms with E-state index in [0.717, 1.165) is 38.5 Å².